The first-order valence-electron chi connectivity index (χ1n) is 10.7. The number of rotatable bonds is 6. The van der Waals surface area contributed by atoms with Gasteiger partial charge in [0.25, 0.3) is 0 Å². The summed E-state index contributed by atoms with van der Waals surface area (Å²) in [5.41, 5.74) is 4.10. The summed E-state index contributed by atoms with van der Waals surface area (Å²) in [5.74, 6) is -0.934. The first kappa shape index (κ1) is 25.6. The largest absolute Gasteiger partial charge is 0.493 e. The number of pyridine rings is 1. The maximum Gasteiger partial charge on any atom is 0.417 e. The van der Waals surface area contributed by atoms with Gasteiger partial charge >= 0.3 is 6.18 Å². The number of benzene rings is 1. The number of nitrogens with two attached hydrogens (primary N) is 1. The van der Waals surface area contributed by atoms with Crippen molar-refractivity contribution < 1.29 is 27.4 Å². The molecule has 2 aromatic rings. The Hall–Kier alpha value is -2.61. The van der Waals surface area contributed by atoms with Crippen LogP contribution in [0.4, 0.5) is 17.6 Å². The highest BCUT2D eigenvalue weighted by Crippen LogP contribution is 2.44. The molecule has 2 heterocycles. The van der Waals surface area contributed by atoms with E-state index >= 15 is 0 Å². The van der Waals surface area contributed by atoms with Gasteiger partial charge in [-0.15, -0.1) is 0 Å². The molecule has 32 heavy (non-hydrogen) atoms. The highest BCUT2D eigenvalue weighted by molar-refractivity contribution is 5.51. The lowest BCUT2D eigenvalue weighted by Gasteiger charge is -2.34. The Labute approximate surface area is 186 Å². The summed E-state index contributed by atoms with van der Waals surface area (Å²) in [6.45, 7) is 5.94. The molecule has 0 spiro atoms. The van der Waals surface area contributed by atoms with Crippen molar-refractivity contribution in [2.24, 2.45) is 5.73 Å². The summed E-state index contributed by atoms with van der Waals surface area (Å²) in [6.07, 6.45) is -0.777. The van der Waals surface area contributed by atoms with Crippen LogP contribution in [0.25, 0.3) is 6.08 Å². The Balaban J connectivity index is 0.00000176. The van der Waals surface area contributed by atoms with Gasteiger partial charge in [0.1, 0.15) is 11.6 Å². The van der Waals surface area contributed by atoms with Gasteiger partial charge in [-0.2, -0.15) is 13.2 Å². The van der Waals surface area contributed by atoms with Crippen LogP contribution in [0.5, 0.6) is 5.75 Å². The lowest BCUT2D eigenvalue weighted by molar-refractivity contribution is -0.263. The lowest BCUT2D eigenvalue weighted by atomic mass is 9.82. The number of hydrogen-bond donors (Lipinski definition) is 2. The number of hydrogen-bond acceptors (Lipinski definition) is 4. The number of aromatic nitrogens is 1. The van der Waals surface area contributed by atoms with Crippen LogP contribution in [-0.4, -0.2) is 28.5 Å². The molecule has 1 aliphatic rings. The predicted molar refractivity (Wildman–Crippen MR) is 117 cm³/mol. The quantitative estimate of drug-likeness (QED) is 0.546. The molecular formula is C24H30F4N2O2. The van der Waals surface area contributed by atoms with Crippen molar-refractivity contribution in [3.63, 3.8) is 0 Å². The van der Waals surface area contributed by atoms with E-state index in [1.165, 1.54) is 37.5 Å². The van der Waals surface area contributed by atoms with E-state index in [4.69, 9.17) is 10.5 Å². The Kier molecular flexibility index (Phi) is 8.66. The van der Waals surface area contributed by atoms with E-state index < -0.39 is 36.4 Å². The zero-order chi connectivity index (χ0) is 23.9. The third-order valence-electron chi connectivity index (χ3n) is 5.23. The standard InChI is InChI=1S/C22H24F4N2O2.C2H6/c1-14(19-10-17(23)9-16-5-3-7-30-20(16)19)11-21(29,22(24,25)26)12-18(27)8-15-4-2-6-28-13-15;1-2/h2,4,6,8-10,13-14,29H,3,5,7,11-12,27H2,1H3;1-2H3/b18-8-;. The zero-order valence-electron chi connectivity index (χ0n) is 18.5. The van der Waals surface area contributed by atoms with E-state index in [0.717, 1.165) is 0 Å². The van der Waals surface area contributed by atoms with Crippen LogP contribution in [0, 0.1) is 5.82 Å². The minimum Gasteiger partial charge on any atom is -0.493 e. The Bertz CT molecular complexity index is 916. The molecular weight excluding hydrogens is 424 g/mol. The number of fused-ring (bicyclic) bond motifs is 1. The van der Waals surface area contributed by atoms with Crippen LogP contribution >= 0.6 is 0 Å². The zero-order valence-corrected chi connectivity index (χ0v) is 18.5. The van der Waals surface area contributed by atoms with Gasteiger partial charge in [-0.25, -0.2) is 4.39 Å². The fourth-order valence-corrected chi connectivity index (χ4v) is 3.81. The Morgan fingerprint density at radius 3 is 2.66 bits per heavy atom. The Morgan fingerprint density at radius 2 is 2.03 bits per heavy atom. The van der Waals surface area contributed by atoms with Crippen molar-refractivity contribution in [2.75, 3.05) is 6.61 Å². The molecule has 1 aliphatic heterocycles. The number of aliphatic hydroxyl groups is 1. The van der Waals surface area contributed by atoms with Gasteiger partial charge in [0.2, 0.25) is 0 Å². The Morgan fingerprint density at radius 1 is 1.31 bits per heavy atom. The highest BCUT2D eigenvalue weighted by Gasteiger charge is 2.54. The van der Waals surface area contributed by atoms with Crippen LogP contribution in [0.15, 0.2) is 42.4 Å². The second kappa shape index (κ2) is 10.8. The predicted octanol–water partition coefficient (Wildman–Crippen LogP) is 5.75. The maximum absolute atomic E-state index is 14.1. The molecule has 0 bridgehead atoms. The van der Waals surface area contributed by atoms with Gasteiger partial charge in [0, 0.05) is 30.1 Å². The molecule has 0 saturated carbocycles. The summed E-state index contributed by atoms with van der Waals surface area (Å²) < 4.78 is 61.2. The molecule has 0 fully saturated rings. The number of halogens is 4. The normalized spacial score (nSPS) is 16.7. The van der Waals surface area contributed by atoms with Gasteiger partial charge in [-0.1, -0.05) is 26.8 Å². The molecule has 0 amide bonds. The molecule has 8 heteroatoms. The second-order valence-electron chi connectivity index (χ2n) is 7.75. The van der Waals surface area contributed by atoms with Crippen LogP contribution in [-0.2, 0) is 6.42 Å². The molecule has 0 aliphatic carbocycles. The average Bonchev–Trinajstić information content (AvgIpc) is 2.74. The van der Waals surface area contributed by atoms with Crippen LogP contribution in [0.1, 0.15) is 62.6 Å². The molecule has 4 nitrogen and oxygen atoms in total. The second-order valence-corrected chi connectivity index (χ2v) is 7.75. The van der Waals surface area contributed by atoms with Crippen molar-refractivity contribution in [1.82, 2.24) is 4.98 Å². The third kappa shape index (κ3) is 6.22. The molecule has 3 N–H and O–H groups in total. The van der Waals surface area contributed by atoms with E-state index in [-0.39, 0.29) is 5.70 Å². The molecule has 2 atom stereocenters. The van der Waals surface area contributed by atoms with Crippen molar-refractivity contribution in [3.8, 4) is 5.75 Å². The molecule has 3 rings (SSSR count). The highest BCUT2D eigenvalue weighted by atomic mass is 19.4. The first-order valence-corrected chi connectivity index (χ1v) is 10.7. The van der Waals surface area contributed by atoms with E-state index in [1.54, 1.807) is 12.1 Å². The van der Waals surface area contributed by atoms with Crippen LogP contribution < -0.4 is 10.5 Å². The van der Waals surface area contributed by atoms with Gasteiger partial charge in [-0.3, -0.25) is 4.98 Å². The fraction of sp³-hybridized carbons (Fsp3) is 0.458. The van der Waals surface area contributed by atoms with Crippen molar-refractivity contribution in [3.05, 3.63) is 64.9 Å². The molecule has 1 aromatic heterocycles. The number of aryl methyl sites for hydroxylation is 1. The SMILES string of the molecule is CC.CC(CC(O)(C/C(N)=C/c1cccnc1)C(F)(F)F)c1cc(F)cc2c1OCCC2. The van der Waals surface area contributed by atoms with Crippen molar-refractivity contribution >= 4 is 6.08 Å². The van der Waals surface area contributed by atoms with E-state index in [2.05, 4.69) is 4.98 Å². The monoisotopic (exact) mass is 454 g/mol. The van der Waals surface area contributed by atoms with Gasteiger partial charge in [0.05, 0.1) is 6.61 Å². The van der Waals surface area contributed by atoms with Gasteiger partial charge in [0.15, 0.2) is 5.60 Å². The molecule has 2 unspecified atom stereocenters. The smallest absolute Gasteiger partial charge is 0.417 e. The number of nitrogens with zero attached hydrogens (tertiary/aromatic N) is 1. The minimum atomic E-state index is -4.93. The summed E-state index contributed by atoms with van der Waals surface area (Å²) in [7, 11) is 0. The maximum atomic E-state index is 14.1. The number of ether oxygens (including phenoxy) is 1. The average molecular weight is 455 g/mol. The molecule has 1 aromatic carbocycles. The van der Waals surface area contributed by atoms with Crippen molar-refractivity contribution in [1.29, 1.82) is 0 Å². The molecule has 0 radical (unpaired) electrons. The van der Waals surface area contributed by atoms with E-state index in [0.29, 0.717) is 41.9 Å². The van der Waals surface area contributed by atoms with Crippen LogP contribution in [0.2, 0.25) is 0 Å². The first-order chi connectivity index (χ1) is 15.1. The molecule has 176 valence electrons. The van der Waals surface area contributed by atoms with E-state index in [9.17, 15) is 22.7 Å². The van der Waals surface area contributed by atoms with Crippen molar-refractivity contribution in [2.45, 2.75) is 64.1 Å². The fourth-order valence-electron chi connectivity index (χ4n) is 3.81. The topological polar surface area (TPSA) is 68.4 Å². The number of alkyl halides is 3. The lowest BCUT2D eigenvalue weighted by Crippen LogP contribution is -2.47. The van der Waals surface area contributed by atoms with Crippen LogP contribution in [0.3, 0.4) is 0 Å². The summed E-state index contributed by atoms with van der Waals surface area (Å²) in [4.78, 5) is 3.89. The summed E-state index contributed by atoms with van der Waals surface area (Å²) in [5, 5.41) is 10.6. The minimum absolute atomic E-state index is 0.132. The van der Waals surface area contributed by atoms with Gasteiger partial charge in [-0.05, 0) is 60.6 Å². The summed E-state index contributed by atoms with van der Waals surface area (Å²) in [6, 6.07) is 5.80. The van der Waals surface area contributed by atoms with Gasteiger partial charge < -0.3 is 15.6 Å². The third-order valence-corrected chi connectivity index (χ3v) is 5.23. The molecule has 0 saturated heterocycles. The summed E-state index contributed by atoms with van der Waals surface area (Å²) >= 11 is 0. The van der Waals surface area contributed by atoms with E-state index in [1.807, 2.05) is 13.8 Å².